The second kappa shape index (κ2) is 7.51. The number of fused-ring (bicyclic) bond motifs is 2. The molecule has 2 aliphatic rings. The Morgan fingerprint density at radius 3 is 2.82 bits per heavy atom. The topological polar surface area (TPSA) is 32.3 Å². The average Bonchev–Trinajstić information content (AvgIpc) is 3.27. The Morgan fingerprint density at radius 2 is 1.96 bits per heavy atom. The largest absolute Gasteiger partial charge is 0.350 e. The molecule has 3 aromatic rings. The standard InChI is InChI=1S/C23H23ClN2OS/c24-22-9-8-21(28-22)23(27)25-10-11-26-13-16-12-19(20(16)14-26)18-7-3-5-15-4-1-2-6-17(15)18/h1-9,16,19-20H,10-14H2,(H,25,27). The SMILES string of the molecule is O=C(NCCN1CC2CC(c3cccc4ccccc34)C2C1)c1ccc(Cl)s1. The predicted molar refractivity (Wildman–Crippen MR) is 116 cm³/mol. The first-order valence-corrected chi connectivity index (χ1v) is 11.1. The number of carbonyl (C=O) groups excluding carboxylic acids is 1. The Balaban J connectivity index is 1.18. The molecule has 1 aromatic heterocycles. The first-order valence-electron chi connectivity index (χ1n) is 9.92. The van der Waals surface area contributed by atoms with Crippen LogP contribution in [-0.2, 0) is 0 Å². The number of rotatable bonds is 5. The van der Waals surface area contributed by atoms with Gasteiger partial charge in [0.25, 0.3) is 5.91 Å². The highest BCUT2D eigenvalue weighted by Gasteiger charge is 2.47. The van der Waals surface area contributed by atoms with Gasteiger partial charge in [-0.2, -0.15) is 0 Å². The first-order chi connectivity index (χ1) is 13.7. The molecule has 1 aliphatic carbocycles. The van der Waals surface area contributed by atoms with Crippen LogP contribution in [0.1, 0.15) is 27.6 Å². The Morgan fingerprint density at radius 1 is 1.11 bits per heavy atom. The number of thiophene rings is 1. The smallest absolute Gasteiger partial charge is 0.261 e. The Labute approximate surface area is 174 Å². The maximum Gasteiger partial charge on any atom is 0.261 e. The third-order valence-electron chi connectivity index (χ3n) is 6.37. The highest BCUT2D eigenvalue weighted by atomic mass is 35.5. The number of nitrogens with zero attached hydrogens (tertiary/aromatic N) is 1. The van der Waals surface area contributed by atoms with Crippen LogP contribution in [0.3, 0.4) is 0 Å². The van der Waals surface area contributed by atoms with Crippen LogP contribution in [0, 0.1) is 11.8 Å². The van der Waals surface area contributed by atoms with Crippen molar-refractivity contribution in [3.05, 3.63) is 69.4 Å². The summed E-state index contributed by atoms with van der Waals surface area (Å²) in [6.07, 6.45) is 1.29. The van der Waals surface area contributed by atoms with E-state index in [0.717, 1.165) is 31.5 Å². The number of benzene rings is 2. The van der Waals surface area contributed by atoms with E-state index >= 15 is 0 Å². The molecule has 2 fully saturated rings. The molecular weight excluding hydrogens is 388 g/mol. The fourth-order valence-electron chi connectivity index (χ4n) is 4.96. The summed E-state index contributed by atoms with van der Waals surface area (Å²) in [7, 11) is 0. The van der Waals surface area contributed by atoms with Crippen LogP contribution in [-0.4, -0.2) is 37.0 Å². The van der Waals surface area contributed by atoms with E-state index in [-0.39, 0.29) is 5.91 Å². The van der Waals surface area contributed by atoms with E-state index in [1.54, 1.807) is 12.1 Å². The van der Waals surface area contributed by atoms with Gasteiger partial charge >= 0.3 is 0 Å². The zero-order valence-electron chi connectivity index (χ0n) is 15.6. The second-order valence-electron chi connectivity index (χ2n) is 7.95. The molecule has 1 amide bonds. The number of nitrogens with one attached hydrogen (secondary N) is 1. The summed E-state index contributed by atoms with van der Waals surface area (Å²) in [6, 6.07) is 19.0. The lowest BCUT2D eigenvalue weighted by Gasteiger charge is -2.40. The van der Waals surface area contributed by atoms with Crippen molar-refractivity contribution in [1.29, 1.82) is 0 Å². The average molecular weight is 411 g/mol. The number of hydrogen-bond donors (Lipinski definition) is 1. The number of hydrogen-bond acceptors (Lipinski definition) is 3. The molecular formula is C23H23ClN2OS. The van der Waals surface area contributed by atoms with Gasteiger partial charge in [0.1, 0.15) is 0 Å². The molecule has 0 radical (unpaired) electrons. The van der Waals surface area contributed by atoms with Gasteiger partial charge in [-0.15, -0.1) is 11.3 Å². The van der Waals surface area contributed by atoms with E-state index in [0.29, 0.717) is 21.7 Å². The van der Waals surface area contributed by atoms with Gasteiger partial charge in [0.05, 0.1) is 9.21 Å². The Bertz CT molecular complexity index is 1010. The van der Waals surface area contributed by atoms with Crippen LogP contribution in [0.15, 0.2) is 54.6 Å². The van der Waals surface area contributed by atoms with E-state index < -0.39 is 0 Å². The third kappa shape index (κ3) is 3.34. The lowest BCUT2D eigenvalue weighted by atomic mass is 9.63. The van der Waals surface area contributed by atoms with Gasteiger partial charge in [0.15, 0.2) is 0 Å². The van der Waals surface area contributed by atoms with Crippen LogP contribution in [0.25, 0.3) is 10.8 Å². The predicted octanol–water partition coefficient (Wildman–Crippen LogP) is 5.02. The minimum absolute atomic E-state index is 0.0206. The van der Waals surface area contributed by atoms with E-state index in [9.17, 15) is 4.79 Å². The van der Waals surface area contributed by atoms with Crippen molar-refractivity contribution in [2.75, 3.05) is 26.2 Å². The summed E-state index contributed by atoms with van der Waals surface area (Å²) in [6.45, 7) is 3.90. The highest BCUT2D eigenvalue weighted by Crippen LogP contribution is 2.52. The molecule has 28 heavy (non-hydrogen) atoms. The summed E-state index contributed by atoms with van der Waals surface area (Å²) < 4.78 is 0.653. The molecule has 3 unspecified atom stereocenters. The number of halogens is 1. The molecule has 1 saturated heterocycles. The van der Waals surface area contributed by atoms with E-state index in [4.69, 9.17) is 11.6 Å². The molecule has 3 nitrogen and oxygen atoms in total. The zero-order valence-corrected chi connectivity index (χ0v) is 17.2. The van der Waals surface area contributed by atoms with Gasteiger partial charge in [0.2, 0.25) is 0 Å². The Hall–Kier alpha value is -1.88. The minimum Gasteiger partial charge on any atom is -0.350 e. The lowest BCUT2D eigenvalue weighted by Crippen LogP contribution is -2.34. The molecule has 0 bridgehead atoms. The van der Waals surface area contributed by atoms with Crippen molar-refractivity contribution in [2.24, 2.45) is 11.8 Å². The molecule has 2 aromatic carbocycles. The van der Waals surface area contributed by atoms with Crippen molar-refractivity contribution >= 4 is 39.6 Å². The maximum atomic E-state index is 12.2. The summed E-state index contributed by atoms with van der Waals surface area (Å²) in [5, 5.41) is 5.78. The quantitative estimate of drug-likeness (QED) is 0.640. The molecule has 5 rings (SSSR count). The molecule has 3 atom stereocenters. The van der Waals surface area contributed by atoms with Gasteiger partial charge in [-0.1, -0.05) is 54.1 Å². The molecule has 144 valence electrons. The lowest BCUT2D eigenvalue weighted by molar-refractivity contribution is 0.0953. The van der Waals surface area contributed by atoms with E-state index in [1.807, 2.05) is 0 Å². The highest BCUT2D eigenvalue weighted by molar-refractivity contribution is 7.17. The monoisotopic (exact) mass is 410 g/mol. The van der Waals surface area contributed by atoms with Crippen LogP contribution < -0.4 is 5.32 Å². The maximum absolute atomic E-state index is 12.2. The number of likely N-dealkylation sites (tertiary alicyclic amines) is 1. The fraction of sp³-hybridized carbons (Fsp3) is 0.348. The molecule has 5 heteroatoms. The molecule has 1 saturated carbocycles. The fourth-order valence-corrected chi connectivity index (χ4v) is 5.92. The van der Waals surface area contributed by atoms with Crippen molar-refractivity contribution in [1.82, 2.24) is 10.2 Å². The summed E-state index contributed by atoms with van der Waals surface area (Å²) >= 11 is 7.24. The second-order valence-corrected chi connectivity index (χ2v) is 9.67. The van der Waals surface area contributed by atoms with Gasteiger partial charge in [-0.05, 0) is 52.6 Å². The summed E-state index contributed by atoms with van der Waals surface area (Å²) in [4.78, 5) is 15.4. The van der Waals surface area contributed by atoms with Gasteiger partial charge in [0, 0.05) is 26.2 Å². The van der Waals surface area contributed by atoms with Crippen LogP contribution >= 0.6 is 22.9 Å². The van der Waals surface area contributed by atoms with Crippen LogP contribution in [0.2, 0.25) is 4.34 Å². The van der Waals surface area contributed by atoms with Gasteiger partial charge < -0.3 is 10.2 Å². The molecule has 2 heterocycles. The van der Waals surface area contributed by atoms with E-state index in [2.05, 4.69) is 52.7 Å². The minimum atomic E-state index is -0.0206. The van der Waals surface area contributed by atoms with E-state index in [1.165, 1.54) is 34.1 Å². The first kappa shape index (κ1) is 18.2. The summed E-state index contributed by atoms with van der Waals surface area (Å²) in [5.74, 6) is 2.20. The number of amides is 1. The van der Waals surface area contributed by atoms with Crippen molar-refractivity contribution in [3.63, 3.8) is 0 Å². The van der Waals surface area contributed by atoms with Crippen LogP contribution in [0.5, 0.6) is 0 Å². The molecule has 0 spiro atoms. The third-order valence-corrected chi connectivity index (χ3v) is 7.60. The Kier molecular flexibility index (Phi) is 4.87. The van der Waals surface area contributed by atoms with Crippen molar-refractivity contribution in [2.45, 2.75) is 12.3 Å². The van der Waals surface area contributed by atoms with Gasteiger partial charge in [-0.3, -0.25) is 4.79 Å². The van der Waals surface area contributed by atoms with Crippen molar-refractivity contribution in [3.8, 4) is 0 Å². The van der Waals surface area contributed by atoms with Gasteiger partial charge in [-0.25, -0.2) is 0 Å². The normalized spacial score (nSPS) is 24.1. The molecule has 1 aliphatic heterocycles. The zero-order chi connectivity index (χ0) is 19.1. The van der Waals surface area contributed by atoms with Crippen molar-refractivity contribution < 1.29 is 4.79 Å². The molecule has 1 N–H and O–H groups in total. The van der Waals surface area contributed by atoms with Crippen LogP contribution in [0.4, 0.5) is 0 Å². The number of carbonyl (C=O) groups is 1. The summed E-state index contributed by atoms with van der Waals surface area (Å²) in [5.41, 5.74) is 1.52.